The van der Waals surface area contributed by atoms with Gasteiger partial charge < -0.3 is 56.1 Å². The van der Waals surface area contributed by atoms with Crippen LogP contribution in [0, 0.1) is 0 Å². The smallest absolute Gasteiger partial charge is 0.334 e. The van der Waals surface area contributed by atoms with Gasteiger partial charge in [-0.15, -0.1) is 0 Å². The Morgan fingerprint density at radius 3 is 1.20 bits per heavy atom. The summed E-state index contributed by atoms with van der Waals surface area (Å²) in [6, 6.07) is 59.3. The zero-order valence-electron chi connectivity index (χ0n) is 47.0. The molecule has 14 nitrogen and oxygen atoms in total. The van der Waals surface area contributed by atoms with E-state index in [9.17, 15) is 4.79 Å². The van der Waals surface area contributed by atoms with Gasteiger partial charge in [-0.05, 0) is 51.5 Å². The largest absolute Gasteiger partial charge is 0.433 e. The van der Waals surface area contributed by atoms with E-state index in [1.807, 2.05) is 182 Å². The maximum atomic E-state index is 12.9. The molecule has 8 rings (SSSR count). The number of carbonyl (C=O) groups is 1. The first-order chi connectivity index (χ1) is 38.3. The molecule has 0 amide bonds. The van der Waals surface area contributed by atoms with E-state index in [4.69, 9.17) is 60.6 Å². The van der Waals surface area contributed by atoms with E-state index in [1.165, 1.54) is 14.0 Å². The lowest BCUT2D eigenvalue weighted by Crippen LogP contribution is -2.64. The molecule has 6 aromatic carbocycles. The average molecular weight is 1130 g/mol. The second kappa shape index (κ2) is 31.5. The van der Waals surface area contributed by atoms with Crippen LogP contribution in [-0.4, -0.2) is 104 Å². The molecule has 0 spiro atoms. The Labute approximate surface area is 477 Å². The lowest BCUT2D eigenvalue weighted by Gasteiger charge is -2.50. The van der Waals surface area contributed by atoms with Crippen molar-refractivity contribution in [3.8, 4) is 0 Å². The molecule has 2 heterocycles. The number of esters is 1. The first kappa shape index (κ1) is 62.6. The summed E-state index contributed by atoms with van der Waals surface area (Å²) in [6.45, 7) is 13.7. The predicted molar refractivity (Wildman–Crippen MR) is 309 cm³/mol. The van der Waals surface area contributed by atoms with Crippen molar-refractivity contribution < 1.29 is 65.4 Å². The molecule has 11 atom stereocenters. The van der Waals surface area contributed by atoms with Gasteiger partial charge in [-0.25, -0.2) is 0 Å². The Morgan fingerprint density at radius 1 is 0.475 bits per heavy atom. The summed E-state index contributed by atoms with van der Waals surface area (Å²) < 4.78 is 87.7. The van der Waals surface area contributed by atoms with Crippen molar-refractivity contribution in [2.45, 2.75) is 147 Å². The number of rotatable bonds is 28. The molecule has 425 valence electrons. The minimum atomic E-state index is -2.54. The Kier molecular flexibility index (Phi) is 24.6. The molecule has 0 aliphatic carbocycles. The highest BCUT2D eigenvalue weighted by Gasteiger charge is 2.54. The molecule has 17 heteroatoms. The Balaban J connectivity index is 0.00000924. The molecule has 2 unspecified atom stereocenters. The van der Waals surface area contributed by atoms with Crippen LogP contribution in [0.3, 0.4) is 0 Å². The fourth-order valence-corrected chi connectivity index (χ4v) is 11.2. The summed E-state index contributed by atoms with van der Waals surface area (Å²) in [5.41, 5.74) is 5.69. The third kappa shape index (κ3) is 18.5. The maximum Gasteiger partial charge on any atom is 0.334 e. The van der Waals surface area contributed by atoms with Gasteiger partial charge >= 0.3 is 14.6 Å². The summed E-state index contributed by atoms with van der Waals surface area (Å²) in [5.74, 6) is -0.566. The van der Waals surface area contributed by atoms with Crippen LogP contribution in [0.1, 0.15) is 61.1 Å². The SMILES string of the molecule is COP(OC[C@H]1OC(OC(C)=O)[C@@H](OCc2ccccc2)[C@@H](OCc2ccccc2)[C@@H]1OCc1ccccc1)O[C@H]1O[C@H](COCc2ccccc2)[C@@H](O[Si](C)(C)C(C)(C)C)[C@H](OCc2ccccc2)[C@H]1OCc1ccccc1.[B]. The molecule has 0 saturated carbocycles. The van der Waals surface area contributed by atoms with Gasteiger partial charge in [0.25, 0.3) is 0 Å². The Hall–Kier alpha value is -4.98. The van der Waals surface area contributed by atoms with Crippen molar-refractivity contribution in [2.24, 2.45) is 0 Å². The highest BCUT2D eigenvalue weighted by atomic mass is 31.2. The van der Waals surface area contributed by atoms with Gasteiger partial charge in [0.2, 0.25) is 6.29 Å². The number of hydrogen-bond acceptors (Lipinski definition) is 14. The summed E-state index contributed by atoms with van der Waals surface area (Å²) >= 11 is 0. The second-order valence-electron chi connectivity index (χ2n) is 21.2. The van der Waals surface area contributed by atoms with Gasteiger partial charge in [-0.2, -0.15) is 0 Å². The van der Waals surface area contributed by atoms with Crippen LogP contribution < -0.4 is 0 Å². The van der Waals surface area contributed by atoms with E-state index in [-0.39, 0.29) is 59.7 Å². The zero-order chi connectivity index (χ0) is 55.5. The molecule has 2 saturated heterocycles. The molecule has 6 aromatic rings. The molecule has 0 bridgehead atoms. The van der Waals surface area contributed by atoms with Crippen molar-refractivity contribution in [3.63, 3.8) is 0 Å². The molecular formula is C63H77BO14PSi. The molecule has 0 N–H and O–H groups in total. The Bertz CT molecular complexity index is 2660. The van der Waals surface area contributed by atoms with Crippen molar-refractivity contribution in [3.05, 3.63) is 215 Å². The van der Waals surface area contributed by atoms with E-state index in [2.05, 4.69) is 33.9 Å². The second-order valence-corrected chi connectivity index (χ2v) is 27.2. The maximum absolute atomic E-state index is 12.9. The van der Waals surface area contributed by atoms with Crippen LogP contribution >= 0.6 is 8.60 Å². The van der Waals surface area contributed by atoms with Gasteiger partial charge in [-0.3, -0.25) is 9.32 Å². The van der Waals surface area contributed by atoms with Crippen LogP contribution in [0.4, 0.5) is 0 Å². The molecule has 2 fully saturated rings. The lowest BCUT2D eigenvalue weighted by atomic mass is 9.98. The first-order valence-electron chi connectivity index (χ1n) is 27.0. The van der Waals surface area contributed by atoms with Crippen LogP contribution in [0.25, 0.3) is 0 Å². The van der Waals surface area contributed by atoms with E-state index in [1.54, 1.807) is 0 Å². The molecule has 0 aromatic heterocycles. The Morgan fingerprint density at radius 2 is 0.812 bits per heavy atom. The quantitative estimate of drug-likeness (QED) is 0.0262. The minimum Gasteiger partial charge on any atom is -0.433 e. The molecule has 3 radical (unpaired) electrons. The highest BCUT2D eigenvalue weighted by Crippen LogP contribution is 2.47. The van der Waals surface area contributed by atoms with E-state index in [0.29, 0.717) is 6.61 Å². The van der Waals surface area contributed by atoms with Gasteiger partial charge in [0, 0.05) is 22.4 Å². The van der Waals surface area contributed by atoms with Crippen molar-refractivity contribution in [2.75, 3.05) is 20.3 Å². The third-order valence-electron chi connectivity index (χ3n) is 14.2. The standard InChI is InChI=1S/C63H77O14PSi.B/c1-46(64)73-61-59(70-42-51-34-22-12-23-35-51)57(68-40-49-30-18-10-19-31-49)55(67-39-48-28-16-9-17-29-48)54(74-61)45-72-78(65-5)76-62-60(71-43-52-36-24-13-25-37-52)58(69-41-50-32-20-11-21-33-50)56(77-79(6,7)63(2,3)4)53(75-62)44-66-38-47-26-14-8-15-27-47;/h8-37,53-62H,38-45H2,1-7H3;/t53-,54-,55-,56-,57+,58+,59+,60-,61?,62-,78?;/m1./s1. The molecule has 80 heavy (non-hydrogen) atoms. The fourth-order valence-electron chi connectivity index (χ4n) is 9.01. The molecule has 2 aliphatic heterocycles. The number of ether oxygens (including phenoxy) is 9. The lowest BCUT2D eigenvalue weighted by molar-refractivity contribution is -0.318. The van der Waals surface area contributed by atoms with Gasteiger partial charge in [0.1, 0.15) is 48.8 Å². The average Bonchev–Trinajstić information content (AvgIpc) is 3.54. The first-order valence-corrected chi connectivity index (χ1v) is 31.0. The molecule has 2 aliphatic rings. The summed E-state index contributed by atoms with van der Waals surface area (Å²) in [4.78, 5) is 12.9. The van der Waals surface area contributed by atoms with E-state index in [0.717, 1.165) is 33.4 Å². The number of benzene rings is 6. The summed E-state index contributed by atoms with van der Waals surface area (Å²) in [6.07, 6.45) is -8.88. The fraction of sp³-hybridized carbons (Fsp3) is 0.413. The highest BCUT2D eigenvalue weighted by molar-refractivity contribution is 7.41. The number of carbonyl (C=O) groups excluding carboxylic acids is 1. The van der Waals surface area contributed by atoms with E-state index < -0.39 is 84.3 Å². The van der Waals surface area contributed by atoms with Gasteiger partial charge in [0.05, 0.1) is 52.9 Å². The zero-order valence-corrected chi connectivity index (χ0v) is 48.9. The van der Waals surface area contributed by atoms with Crippen LogP contribution in [0.5, 0.6) is 0 Å². The molecular weight excluding hydrogens is 1050 g/mol. The monoisotopic (exact) mass is 1130 g/mol. The summed E-state index contributed by atoms with van der Waals surface area (Å²) in [5, 5.41) is -0.170. The van der Waals surface area contributed by atoms with Crippen molar-refractivity contribution in [1.29, 1.82) is 0 Å². The van der Waals surface area contributed by atoms with Gasteiger partial charge in [-0.1, -0.05) is 203 Å². The van der Waals surface area contributed by atoms with Crippen LogP contribution in [0.15, 0.2) is 182 Å². The third-order valence-corrected chi connectivity index (χ3v) is 19.7. The predicted octanol–water partition coefficient (Wildman–Crippen LogP) is 12.1. The topological polar surface area (TPSA) is 137 Å². The normalized spacial score (nSPS) is 23.6. The minimum absolute atomic E-state index is 0. The van der Waals surface area contributed by atoms with Crippen LogP contribution in [-0.2, 0) is 105 Å². The van der Waals surface area contributed by atoms with Crippen LogP contribution in [0.2, 0.25) is 18.1 Å². The van der Waals surface area contributed by atoms with E-state index >= 15 is 0 Å². The van der Waals surface area contributed by atoms with Crippen molar-refractivity contribution >= 4 is 31.3 Å². The van der Waals surface area contributed by atoms with Gasteiger partial charge in [0.15, 0.2) is 14.6 Å². The van der Waals surface area contributed by atoms with Crippen molar-refractivity contribution in [1.82, 2.24) is 0 Å². The summed E-state index contributed by atoms with van der Waals surface area (Å²) in [7, 11) is -3.29. The number of hydrogen-bond donors (Lipinski definition) is 0.